The fraction of sp³-hybridized carbons (Fsp3) is 0.533. The van der Waals surface area contributed by atoms with Crippen LogP contribution in [0.3, 0.4) is 0 Å². The van der Waals surface area contributed by atoms with Gasteiger partial charge in [-0.1, -0.05) is 19.9 Å². The van der Waals surface area contributed by atoms with E-state index in [2.05, 4.69) is 13.8 Å². The standard InChI is InChI=1S/C15H20BNO5/c1-15(2)9-20-16(21-10-15)11-4-5-12-13(8-11)22-14(18)17(12)6-7-19-3/h4-5,8H,6-7,9-10H2,1-3H3. The number of fused-ring (bicyclic) bond motifs is 1. The van der Waals surface area contributed by atoms with Crippen LogP contribution >= 0.6 is 0 Å². The largest absolute Gasteiger partial charge is 0.494 e. The number of methoxy groups -OCH3 is 1. The summed E-state index contributed by atoms with van der Waals surface area (Å²) in [7, 11) is 1.19. The van der Waals surface area contributed by atoms with E-state index in [0.717, 1.165) is 11.0 Å². The molecule has 118 valence electrons. The molecule has 2 heterocycles. The van der Waals surface area contributed by atoms with Crippen molar-refractivity contribution in [3.63, 3.8) is 0 Å². The van der Waals surface area contributed by atoms with Crippen LogP contribution in [0.5, 0.6) is 0 Å². The van der Waals surface area contributed by atoms with E-state index in [1.54, 1.807) is 11.7 Å². The number of oxazole rings is 1. The smallest absolute Gasteiger partial charge is 0.408 e. The monoisotopic (exact) mass is 305 g/mol. The van der Waals surface area contributed by atoms with Crippen LogP contribution in [-0.4, -0.2) is 38.6 Å². The van der Waals surface area contributed by atoms with Gasteiger partial charge in [-0.05, 0) is 17.6 Å². The lowest BCUT2D eigenvalue weighted by atomic mass is 9.76. The number of rotatable bonds is 4. The van der Waals surface area contributed by atoms with Gasteiger partial charge in [0.25, 0.3) is 0 Å². The summed E-state index contributed by atoms with van der Waals surface area (Å²) in [5.41, 5.74) is 2.17. The zero-order valence-electron chi connectivity index (χ0n) is 13.1. The molecule has 0 bridgehead atoms. The Labute approximate surface area is 129 Å². The molecule has 2 aromatic rings. The molecule has 1 aliphatic heterocycles. The molecular formula is C15H20BNO5. The van der Waals surface area contributed by atoms with Gasteiger partial charge in [-0.25, -0.2) is 4.79 Å². The Morgan fingerprint density at radius 1 is 1.32 bits per heavy atom. The Balaban J connectivity index is 1.86. The topological polar surface area (TPSA) is 62.8 Å². The Kier molecular flexibility index (Phi) is 4.12. The van der Waals surface area contributed by atoms with Gasteiger partial charge in [0.2, 0.25) is 0 Å². The van der Waals surface area contributed by atoms with Crippen LogP contribution in [0, 0.1) is 5.41 Å². The molecule has 1 saturated heterocycles. The van der Waals surface area contributed by atoms with E-state index in [-0.39, 0.29) is 11.2 Å². The highest BCUT2D eigenvalue weighted by Gasteiger charge is 2.33. The molecular weight excluding hydrogens is 285 g/mol. The molecule has 1 aliphatic rings. The van der Waals surface area contributed by atoms with Crippen LogP contribution in [0.1, 0.15) is 13.8 Å². The first-order valence-electron chi connectivity index (χ1n) is 7.36. The number of ether oxygens (including phenoxy) is 1. The molecule has 1 aromatic carbocycles. The summed E-state index contributed by atoms with van der Waals surface area (Å²) in [4.78, 5) is 11.9. The SMILES string of the molecule is COCCn1c(=O)oc2cc(B3OCC(C)(C)CO3)ccc21. The number of benzene rings is 1. The second-order valence-corrected chi connectivity index (χ2v) is 6.36. The highest BCUT2D eigenvalue weighted by atomic mass is 16.6. The van der Waals surface area contributed by atoms with E-state index in [1.807, 2.05) is 18.2 Å². The van der Waals surface area contributed by atoms with Gasteiger partial charge >= 0.3 is 12.9 Å². The van der Waals surface area contributed by atoms with Crippen LogP contribution in [0.15, 0.2) is 27.4 Å². The van der Waals surface area contributed by atoms with Crippen LogP contribution < -0.4 is 11.2 Å². The van der Waals surface area contributed by atoms with Crippen molar-refractivity contribution in [1.29, 1.82) is 0 Å². The molecule has 0 atom stereocenters. The summed E-state index contributed by atoms with van der Waals surface area (Å²) in [6.07, 6.45) is 0. The normalized spacial score (nSPS) is 18.0. The fourth-order valence-electron chi connectivity index (χ4n) is 2.51. The molecule has 1 fully saturated rings. The first-order chi connectivity index (χ1) is 10.5. The Morgan fingerprint density at radius 3 is 2.73 bits per heavy atom. The van der Waals surface area contributed by atoms with Crippen molar-refractivity contribution >= 4 is 23.7 Å². The van der Waals surface area contributed by atoms with Crippen molar-refractivity contribution in [3.8, 4) is 0 Å². The number of hydrogen-bond acceptors (Lipinski definition) is 5. The lowest BCUT2D eigenvalue weighted by Crippen LogP contribution is -2.47. The van der Waals surface area contributed by atoms with Gasteiger partial charge < -0.3 is 18.5 Å². The molecule has 1 aromatic heterocycles. The van der Waals surface area contributed by atoms with Gasteiger partial charge in [0.1, 0.15) is 0 Å². The quantitative estimate of drug-likeness (QED) is 0.789. The maximum atomic E-state index is 11.9. The van der Waals surface area contributed by atoms with Crippen molar-refractivity contribution in [3.05, 3.63) is 28.7 Å². The summed E-state index contributed by atoms with van der Waals surface area (Å²) in [6, 6.07) is 5.57. The molecule has 0 spiro atoms. The highest BCUT2D eigenvalue weighted by molar-refractivity contribution is 6.61. The van der Waals surface area contributed by atoms with Crippen LogP contribution in [0.4, 0.5) is 0 Å². The summed E-state index contributed by atoms with van der Waals surface area (Å²) in [5.74, 6) is -0.379. The van der Waals surface area contributed by atoms with Crippen LogP contribution in [-0.2, 0) is 20.6 Å². The van der Waals surface area contributed by atoms with Crippen molar-refractivity contribution in [2.75, 3.05) is 26.9 Å². The molecule has 7 heteroatoms. The van der Waals surface area contributed by atoms with Crippen molar-refractivity contribution in [2.45, 2.75) is 20.4 Å². The summed E-state index contributed by atoms with van der Waals surface area (Å²) in [6.45, 7) is 6.39. The maximum Gasteiger partial charge on any atom is 0.494 e. The average Bonchev–Trinajstić information content (AvgIpc) is 2.79. The minimum atomic E-state index is -0.412. The molecule has 22 heavy (non-hydrogen) atoms. The Hall–Kier alpha value is -1.57. The number of aromatic nitrogens is 1. The number of nitrogens with zero attached hydrogens (tertiary/aromatic N) is 1. The molecule has 0 amide bonds. The van der Waals surface area contributed by atoms with Gasteiger partial charge in [-0.15, -0.1) is 0 Å². The number of hydrogen-bond donors (Lipinski definition) is 0. The van der Waals surface area contributed by atoms with E-state index >= 15 is 0 Å². The molecule has 6 nitrogen and oxygen atoms in total. The Bertz CT molecular complexity index is 710. The van der Waals surface area contributed by atoms with Gasteiger partial charge in [-0.3, -0.25) is 4.57 Å². The zero-order chi connectivity index (χ0) is 15.7. The fourth-order valence-corrected chi connectivity index (χ4v) is 2.51. The van der Waals surface area contributed by atoms with Crippen molar-refractivity contribution in [1.82, 2.24) is 4.57 Å². The third-order valence-corrected chi connectivity index (χ3v) is 3.73. The summed E-state index contributed by atoms with van der Waals surface area (Å²) >= 11 is 0. The van der Waals surface area contributed by atoms with E-state index in [9.17, 15) is 4.79 Å². The molecule has 0 N–H and O–H groups in total. The van der Waals surface area contributed by atoms with Gasteiger partial charge in [0.15, 0.2) is 5.58 Å². The van der Waals surface area contributed by atoms with E-state index in [1.165, 1.54) is 0 Å². The minimum absolute atomic E-state index is 0.0244. The Morgan fingerprint density at radius 2 is 2.05 bits per heavy atom. The molecule has 0 unspecified atom stereocenters. The highest BCUT2D eigenvalue weighted by Crippen LogP contribution is 2.22. The lowest BCUT2D eigenvalue weighted by Gasteiger charge is -2.33. The predicted molar refractivity (Wildman–Crippen MR) is 83.4 cm³/mol. The zero-order valence-corrected chi connectivity index (χ0v) is 13.1. The second kappa shape index (κ2) is 5.91. The van der Waals surface area contributed by atoms with Crippen molar-refractivity contribution in [2.24, 2.45) is 5.41 Å². The third-order valence-electron chi connectivity index (χ3n) is 3.73. The maximum absolute atomic E-state index is 11.9. The first-order valence-corrected chi connectivity index (χ1v) is 7.36. The van der Waals surface area contributed by atoms with Crippen LogP contribution in [0.2, 0.25) is 0 Å². The van der Waals surface area contributed by atoms with E-state index in [0.29, 0.717) is 31.9 Å². The van der Waals surface area contributed by atoms with Gasteiger partial charge in [-0.2, -0.15) is 0 Å². The molecule has 3 rings (SSSR count). The minimum Gasteiger partial charge on any atom is -0.408 e. The second-order valence-electron chi connectivity index (χ2n) is 6.36. The van der Waals surface area contributed by atoms with Gasteiger partial charge in [0, 0.05) is 25.7 Å². The van der Waals surface area contributed by atoms with Gasteiger partial charge in [0.05, 0.1) is 18.7 Å². The average molecular weight is 305 g/mol. The van der Waals surface area contributed by atoms with Crippen molar-refractivity contribution < 1.29 is 18.5 Å². The van der Waals surface area contributed by atoms with Crippen LogP contribution in [0.25, 0.3) is 11.1 Å². The first kappa shape index (κ1) is 15.3. The summed E-state index contributed by atoms with van der Waals surface area (Å²) < 4.78 is 23.4. The lowest BCUT2D eigenvalue weighted by molar-refractivity contribution is 0.0343. The third kappa shape index (κ3) is 2.97. The van der Waals surface area contributed by atoms with E-state index < -0.39 is 7.12 Å². The van der Waals surface area contributed by atoms with E-state index in [4.69, 9.17) is 18.5 Å². The molecule has 0 radical (unpaired) electrons. The molecule has 0 saturated carbocycles. The predicted octanol–water partition coefficient (Wildman–Crippen LogP) is 1.01. The summed E-state index contributed by atoms with van der Waals surface area (Å²) in [5, 5.41) is 0. The molecule has 0 aliphatic carbocycles.